The van der Waals surface area contributed by atoms with Crippen LogP contribution in [-0.2, 0) is 0 Å². The highest BCUT2D eigenvalue weighted by molar-refractivity contribution is 5.96. The molecule has 1 aromatic rings. The van der Waals surface area contributed by atoms with E-state index >= 15 is 0 Å². The van der Waals surface area contributed by atoms with Crippen LogP contribution in [0.2, 0.25) is 0 Å². The van der Waals surface area contributed by atoms with Crippen LogP contribution >= 0.6 is 0 Å². The second-order valence-electron chi connectivity index (χ2n) is 6.62. The Morgan fingerprint density at radius 1 is 0.870 bits per heavy atom. The normalized spacial score (nSPS) is 17.7. The molecular formula is C20H30N2O. The molecule has 0 atom stereocenters. The number of hydrogen-bond acceptors (Lipinski definition) is 2. The third-order valence-electron chi connectivity index (χ3n) is 4.64. The Morgan fingerprint density at radius 3 is 1.96 bits per heavy atom. The zero-order valence-electron chi connectivity index (χ0n) is 14.4. The molecule has 1 aliphatic rings. The fourth-order valence-electron chi connectivity index (χ4n) is 3.15. The average molecular weight is 314 g/mol. The maximum absolute atomic E-state index is 12.3. The summed E-state index contributed by atoms with van der Waals surface area (Å²) in [6, 6.07) is 7.65. The lowest BCUT2D eigenvalue weighted by Crippen LogP contribution is -2.20. The van der Waals surface area contributed by atoms with E-state index in [-0.39, 0.29) is 5.91 Å². The molecule has 0 unspecified atom stereocenters. The van der Waals surface area contributed by atoms with Crippen molar-refractivity contribution in [3.8, 4) is 0 Å². The Bertz CT molecular complexity index is 508. The fourth-order valence-corrected chi connectivity index (χ4v) is 3.15. The van der Waals surface area contributed by atoms with E-state index in [1.807, 2.05) is 31.2 Å². The van der Waals surface area contributed by atoms with E-state index in [1.54, 1.807) is 0 Å². The van der Waals surface area contributed by atoms with Gasteiger partial charge in [0.25, 0.3) is 5.91 Å². The van der Waals surface area contributed by atoms with Crippen molar-refractivity contribution in [2.24, 2.45) is 5.10 Å². The molecule has 0 bridgehead atoms. The molecule has 0 aromatic heterocycles. The summed E-state index contributed by atoms with van der Waals surface area (Å²) in [5, 5.41) is 4.45. The zero-order valence-corrected chi connectivity index (χ0v) is 14.4. The van der Waals surface area contributed by atoms with Crippen molar-refractivity contribution in [1.29, 1.82) is 0 Å². The number of nitrogens with zero attached hydrogens (tertiary/aromatic N) is 1. The van der Waals surface area contributed by atoms with Crippen LogP contribution in [-0.4, -0.2) is 11.6 Å². The van der Waals surface area contributed by atoms with Gasteiger partial charge in [-0.05, 0) is 44.2 Å². The molecule has 0 spiro atoms. The molecule has 0 saturated heterocycles. The molecule has 3 nitrogen and oxygen atoms in total. The number of nitrogens with one attached hydrogen (secondary N) is 1. The molecule has 1 aromatic carbocycles. The molecule has 0 heterocycles. The van der Waals surface area contributed by atoms with Gasteiger partial charge >= 0.3 is 0 Å². The summed E-state index contributed by atoms with van der Waals surface area (Å²) in [6.07, 6.45) is 13.8. The molecular weight excluding hydrogens is 284 g/mol. The highest BCUT2D eigenvalue weighted by Crippen LogP contribution is 2.15. The van der Waals surface area contributed by atoms with Gasteiger partial charge in [0.1, 0.15) is 0 Å². The van der Waals surface area contributed by atoms with E-state index in [2.05, 4.69) is 10.5 Å². The Balaban J connectivity index is 1.91. The van der Waals surface area contributed by atoms with E-state index in [0.29, 0.717) is 5.56 Å². The number of carbonyl (C=O) groups excluding carboxylic acids is 1. The summed E-state index contributed by atoms with van der Waals surface area (Å²) >= 11 is 0. The van der Waals surface area contributed by atoms with E-state index in [1.165, 1.54) is 57.8 Å². The Morgan fingerprint density at radius 2 is 1.39 bits per heavy atom. The average Bonchev–Trinajstić information content (AvgIpc) is 2.54. The number of benzene rings is 1. The van der Waals surface area contributed by atoms with Crippen LogP contribution in [0.25, 0.3) is 0 Å². The molecule has 1 amide bonds. The van der Waals surface area contributed by atoms with Gasteiger partial charge in [-0.15, -0.1) is 0 Å². The summed E-state index contributed by atoms with van der Waals surface area (Å²) < 4.78 is 0. The lowest BCUT2D eigenvalue weighted by Gasteiger charge is -2.10. The number of amides is 1. The van der Waals surface area contributed by atoms with Gasteiger partial charge < -0.3 is 0 Å². The minimum atomic E-state index is -0.0956. The summed E-state index contributed by atoms with van der Waals surface area (Å²) in [7, 11) is 0. The number of carbonyl (C=O) groups is 1. The minimum absolute atomic E-state index is 0.0956. The predicted molar refractivity (Wildman–Crippen MR) is 96.9 cm³/mol. The largest absolute Gasteiger partial charge is 0.271 e. The van der Waals surface area contributed by atoms with Gasteiger partial charge in [0, 0.05) is 11.3 Å². The molecule has 1 aliphatic carbocycles. The maximum Gasteiger partial charge on any atom is 0.271 e. The van der Waals surface area contributed by atoms with Gasteiger partial charge in [0.05, 0.1) is 0 Å². The molecule has 0 aliphatic heterocycles. The Hall–Kier alpha value is -1.64. The summed E-state index contributed by atoms with van der Waals surface area (Å²) in [5.41, 5.74) is 5.63. The molecule has 23 heavy (non-hydrogen) atoms. The lowest BCUT2D eigenvalue weighted by atomic mass is 10.00. The zero-order chi connectivity index (χ0) is 16.3. The van der Waals surface area contributed by atoms with Crippen molar-refractivity contribution in [2.75, 3.05) is 0 Å². The molecule has 1 fully saturated rings. The summed E-state index contributed by atoms with van der Waals surface area (Å²) in [5.74, 6) is -0.0956. The van der Waals surface area contributed by atoms with Gasteiger partial charge in [-0.2, -0.15) is 5.10 Å². The first kappa shape index (κ1) is 17.7. The first-order valence-corrected chi connectivity index (χ1v) is 9.19. The molecule has 2 rings (SSSR count). The third-order valence-corrected chi connectivity index (χ3v) is 4.64. The Labute approximate surface area is 140 Å². The minimum Gasteiger partial charge on any atom is -0.267 e. The standard InChI is InChI=1S/C20H30N2O/c1-17-13-11-12-16-19(17)20(23)22-21-18-14-9-7-5-3-2-4-6-8-10-15-18/h11-13,16H,2-10,14-15H2,1H3,(H,22,23). The summed E-state index contributed by atoms with van der Waals surface area (Å²) in [4.78, 5) is 12.3. The molecule has 126 valence electrons. The second-order valence-corrected chi connectivity index (χ2v) is 6.62. The maximum atomic E-state index is 12.3. The van der Waals surface area contributed by atoms with Crippen LogP contribution in [0.5, 0.6) is 0 Å². The molecule has 1 N–H and O–H groups in total. The number of rotatable bonds is 2. The van der Waals surface area contributed by atoms with Gasteiger partial charge in [-0.3, -0.25) is 4.79 Å². The monoisotopic (exact) mass is 314 g/mol. The van der Waals surface area contributed by atoms with E-state index < -0.39 is 0 Å². The van der Waals surface area contributed by atoms with E-state index in [0.717, 1.165) is 24.1 Å². The smallest absolute Gasteiger partial charge is 0.267 e. The number of hydrogen-bond donors (Lipinski definition) is 1. The van der Waals surface area contributed by atoms with Crippen molar-refractivity contribution in [2.45, 2.75) is 77.6 Å². The molecule has 3 heteroatoms. The quantitative estimate of drug-likeness (QED) is 0.731. The molecule has 1 saturated carbocycles. The first-order valence-electron chi connectivity index (χ1n) is 9.19. The Kier molecular flexibility index (Phi) is 7.85. The summed E-state index contributed by atoms with van der Waals surface area (Å²) in [6.45, 7) is 1.96. The van der Waals surface area contributed by atoms with Crippen molar-refractivity contribution in [3.63, 3.8) is 0 Å². The number of hydrazone groups is 1. The molecule has 0 radical (unpaired) electrons. The van der Waals surface area contributed by atoms with Crippen LogP contribution in [0.1, 0.15) is 86.6 Å². The van der Waals surface area contributed by atoms with Crippen LogP contribution in [0.3, 0.4) is 0 Å². The van der Waals surface area contributed by atoms with Crippen molar-refractivity contribution in [1.82, 2.24) is 5.43 Å². The van der Waals surface area contributed by atoms with Crippen LogP contribution in [0.15, 0.2) is 29.4 Å². The van der Waals surface area contributed by atoms with E-state index in [9.17, 15) is 4.79 Å². The fraction of sp³-hybridized carbons (Fsp3) is 0.600. The van der Waals surface area contributed by atoms with Crippen molar-refractivity contribution < 1.29 is 4.79 Å². The second kappa shape index (κ2) is 10.2. The van der Waals surface area contributed by atoms with Gasteiger partial charge in [0.2, 0.25) is 0 Å². The topological polar surface area (TPSA) is 41.5 Å². The highest BCUT2D eigenvalue weighted by atomic mass is 16.2. The van der Waals surface area contributed by atoms with Crippen LogP contribution in [0, 0.1) is 6.92 Å². The van der Waals surface area contributed by atoms with Crippen molar-refractivity contribution >= 4 is 11.6 Å². The SMILES string of the molecule is Cc1ccccc1C(=O)NN=C1CCCCCCCCCCC1. The highest BCUT2D eigenvalue weighted by Gasteiger charge is 2.08. The van der Waals surface area contributed by atoms with Gasteiger partial charge in [-0.1, -0.05) is 63.1 Å². The predicted octanol–water partition coefficient (Wildman–Crippen LogP) is 5.39. The van der Waals surface area contributed by atoms with Crippen LogP contribution in [0.4, 0.5) is 0 Å². The van der Waals surface area contributed by atoms with E-state index in [4.69, 9.17) is 0 Å². The van der Waals surface area contributed by atoms with Gasteiger partial charge in [0.15, 0.2) is 0 Å². The van der Waals surface area contributed by atoms with Crippen LogP contribution < -0.4 is 5.43 Å². The first-order chi connectivity index (χ1) is 11.3. The third kappa shape index (κ3) is 6.55. The number of aryl methyl sites for hydroxylation is 1. The lowest BCUT2D eigenvalue weighted by molar-refractivity contribution is 0.0954. The van der Waals surface area contributed by atoms with Crippen molar-refractivity contribution in [3.05, 3.63) is 35.4 Å². The van der Waals surface area contributed by atoms with Gasteiger partial charge in [-0.25, -0.2) is 5.43 Å².